The van der Waals surface area contributed by atoms with Crippen LogP contribution < -0.4 is 5.56 Å². The summed E-state index contributed by atoms with van der Waals surface area (Å²) in [5, 5.41) is 0.557. The molecule has 0 amide bonds. The first-order valence-corrected chi connectivity index (χ1v) is 6.25. The Balaban J connectivity index is 2.20. The molecule has 1 heterocycles. The molecule has 0 fully saturated rings. The van der Waals surface area contributed by atoms with E-state index in [1.165, 1.54) is 6.07 Å². The van der Waals surface area contributed by atoms with Gasteiger partial charge < -0.3 is 4.98 Å². The molecule has 106 valence electrons. The van der Waals surface area contributed by atoms with Crippen LogP contribution in [0.15, 0.2) is 59.4 Å². The highest BCUT2D eigenvalue weighted by Gasteiger charge is 2.30. The molecule has 0 saturated heterocycles. The van der Waals surface area contributed by atoms with Gasteiger partial charge in [0, 0.05) is 11.1 Å². The quantitative estimate of drug-likeness (QED) is 0.715. The third-order valence-corrected chi connectivity index (χ3v) is 3.26. The molecular formula is C16H10F3NO. The first kappa shape index (κ1) is 13.4. The average Bonchev–Trinajstić information content (AvgIpc) is 2.46. The van der Waals surface area contributed by atoms with Crippen LogP contribution in [0.2, 0.25) is 0 Å². The zero-order valence-corrected chi connectivity index (χ0v) is 10.7. The lowest BCUT2D eigenvalue weighted by molar-refractivity contribution is -0.137. The number of aromatic amines is 1. The van der Waals surface area contributed by atoms with Gasteiger partial charge >= 0.3 is 6.18 Å². The van der Waals surface area contributed by atoms with E-state index in [0.717, 1.165) is 17.7 Å². The number of aromatic nitrogens is 1. The number of benzene rings is 2. The molecular weight excluding hydrogens is 279 g/mol. The molecule has 2 aromatic carbocycles. The van der Waals surface area contributed by atoms with Crippen LogP contribution in [0.4, 0.5) is 13.2 Å². The number of rotatable bonds is 1. The fraction of sp³-hybridized carbons (Fsp3) is 0.0625. The normalized spacial score (nSPS) is 11.8. The molecule has 0 spiro atoms. The van der Waals surface area contributed by atoms with Crippen molar-refractivity contribution >= 4 is 10.9 Å². The van der Waals surface area contributed by atoms with E-state index in [0.29, 0.717) is 10.9 Å². The maximum atomic E-state index is 12.7. The van der Waals surface area contributed by atoms with Crippen molar-refractivity contribution < 1.29 is 13.2 Å². The number of H-pyrrole nitrogens is 1. The molecule has 1 N–H and O–H groups in total. The van der Waals surface area contributed by atoms with Crippen molar-refractivity contribution in [3.8, 4) is 11.1 Å². The smallest absolute Gasteiger partial charge is 0.321 e. The Hall–Kier alpha value is -2.56. The van der Waals surface area contributed by atoms with Crippen molar-refractivity contribution in [2.24, 2.45) is 0 Å². The highest BCUT2D eigenvalue weighted by molar-refractivity contribution is 5.84. The average molecular weight is 289 g/mol. The van der Waals surface area contributed by atoms with E-state index in [9.17, 15) is 18.0 Å². The summed E-state index contributed by atoms with van der Waals surface area (Å²) in [7, 11) is 0. The van der Waals surface area contributed by atoms with Gasteiger partial charge in [-0.3, -0.25) is 4.79 Å². The zero-order valence-electron chi connectivity index (χ0n) is 10.7. The van der Waals surface area contributed by atoms with Crippen LogP contribution in [-0.2, 0) is 6.18 Å². The van der Waals surface area contributed by atoms with Crippen molar-refractivity contribution in [2.45, 2.75) is 6.18 Å². The lowest BCUT2D eigenvalue weighted by atomic mass is 10.0. The molecule has 0 radical (unpaired) electrons. The van der Waals surface area contributed by atoms with Crippen molar-refractivity contribution in [1.29, 1.82) is 0 Å². The van der Waals surface area contributed by atoms with Crippen molar-refractivity contribution in [3.63, 3.8) is 0 Å². The summed E-state index contributed by atoms with van der Waals surface area (Å²) in [6, 6.07) is 13.9. The Kier molecular flexibility index (Phi) is 3.05. The van der Waals surface area contributed by atoms with Crippen molar-refractivity contribution in [1.82, 2.24) is 4.98 Å². The number of fused-ring (bicyclic) bond motifs is 1. The Morgan fingerprint density at radius 2 is 1.62 bits per heavy atom. The van der Waals surface area contributed by atoms with Gasteiger partial charge in [-0.2, -0.15) is 13.2 Å². The number of hydrogen-bond donors (Lipinski definition) is 1. The van der Waals surface area contributed by atoms with E-state index in [1.807, 2.05) is 6.07 Å². The first-order chi connectivity index (χ1) is 9.95. The Morgan fingerprint density at radius 3 is 2.29 bits per heavy atom. The van der Waals surface area contributed by atoms with E-state index >= 15 is 0 Å². The van der Waals surface area contributed by atoms with Crippen LogP contribution in [0, 0.1) is 0 Å². The molecule has 0 atom stereocenters. The van der Waals surface area contributed by atoms with Crippen LogP contribution in [0.3, 0.4) is 0 Å². The molecule has 3 rings (SSSR count). The summed E-state index contributed by atoms with van der Waals surface area (Å²) in [5.41, 5.74) is 0.143. The van der Waals surface area contributed by atoms with Crippen LogP contribution in [0.5, 0.6) is 0 Å². The maximum absolute atomic E-state index is 12.7. The van der Waals surface area contributed by atoms with Crippen LogP contribution in [0.25, 0.3) is 22.0 Å². The summed E-state index contributed by atoms with van der Waals surface area (Å²) in [6.07, 6.45) is -4.43. The third-order valence-electron chi connectivity index (χ3n) is 3.26. The number of hydrogen-bond acceptors (Lipinski definition) is 1. The van der Waals surface area contributed by atoms with E-state index in [2.05, 4.69) is 4.98 Å². The minimum atomic E-state index is -4.43. The Labute approximate surface area is 117 Å². The Morgan fingerprint density at radius 1 is 0.905 bits per heavy atom. The van der Waals surface area contributed by atoms with Crippen molar-refractivity contribution in [3.05, 3.63) is 70.5 Å². The predicted octanol–water partition coefficient (Wildman–Crippen LogP) is 4.21. The maximum Gasteiger partial charge on any atom is 0.416 e. The molecule has 0 bridgehead atoms. The molecule has 0 unspecified atom stereocenters. The second-order valence-corrected chi connectivity index (χ2v) is 4.68. The molecule has 0 aliphatic carbocycles. The van der Waals surface area contributed by atoms with Gasteiger partial charge in [0.15, 0.2) is 0 Å². The highest BCUT2D eigenvalue weighted by Crippen LogP contribution is 2.31. The first-order valence-electron chi connectivity index (χ1n) is 6.25. The molecule has 0 aliphatic heterocycles. The zero-order chi connectivity index (χ0) is 15.0. The summed E-state index contributed by atoms with van der Waals surface area (Å²) >= 11 is 0. The third kappa shape index (κ3) is 2.54. The standard InChI is InChI=1S/C16H10F3NO/c17-16(18,19)12-7-6-11-8-13(10-4-2-1-3-5-10)15(21)20-14(11)9-12/h1-9H,(H,20,21). The Bertz CT molecular complexity index is 851. The predicted molar refractivity (Wildman–Crippen MR) is 75.0 cm³/mol. The molecule has 0 aliphatic rings. The number of nitrogens with one attached hydrogen (secondary N) is 1. The van der Waals surface area contributed by atoms with Gasteiger partial charge in [0.2, 0.25) is 0 Å². The molecule has 21 heavy (non-hydrogen) atoms. The minimum absolute atomic E-state index is 0.175. The van der Waals surface area contributed by atoms with Gasteiger partial charge in [0.1, 0.15) is 0 Å². The second kappa shape index (κ2) is 4.77. The molecule has 3 aromatic rings. The minimum Gasteiger partial charge on any atom is -0.321 e. The lowest BCUT2D eigenvalue weighted by Crippen LogP contribution is -2.10. The highest BCUT2D eigenvalue weighted by atomic mass is 19.4. The summed E-state index contributed by atoms with van der Waals surface area (Å²) in [4.78, 5) is 14.6. The molecule has 2 nitrogen and oxygen atoms in total. The van der Waals surface area contributed by atoms with Gasteiger partial charge in [-0.05, 0) is 29.1 Å². The van der Waals surface area contributed by atoms with Gasteiger partial charge in [0.25, 0.3) is 5.56 Å². The summed E-state index contributed by atoms with van der Waals surface area (Å²) in [6.45, 7) is 0. The van der Waals surface area contributed by atoms with E-state index in [1.54, 1.807) is 30.3 Å². The van der Waals surface area contributed by atoms with Gasteiger partial charge in [-0.25, -0.2) is 0 Å². The van der Waals surface area contributed by atoms with Crippen LogP contribution in [-0.4, -0.2) is 4.98 Å². The topological polar surface area (TPSA) is 32.9 Å². The van der Waals surface area contributed by atoms with Gasteiger partial charge in [-0.15, -0.1) is 0 Å². The number of alkyl halides is 3. The second-order valence-electron chi connectivity index (χ2n) is 4.68. The van der Waals surface area contributed by atoms with E-state index in [4.69, 9.17) is 0 Å². The van der Waals surface area contributed by atoms with Crippen molar-refractivity contribution in [2.75, 3.05) is 0 Å². The summed E-state index contributed by atoms with van der Waals surface area (Å²) in [5.74, 6) is 0. The summed E-state index contributed by atoms with van der Waals surface area (Å²) < 4.78 is 38.0. The lowest BCUT2D eigenvalue weighted by Gasteiger charge is -2.08. The van der Waals surface area contributed by atoms with Gasteiger partial charge in [-0.1, -0.05) is 36.4 Å². The largest absolute Gasteiger partial charge is 0.416 e. The van der Waals surface area contributed by atoms with Crippen LogP contribution in [0.1, 0.15) is 5.56 Å². The van der Waals surface area contributed by atoms with Crippen LogP contribution >= 0.6 is 0 Å². The molecule has 1 aromatic heterocycles. The SMILES string of the molecule is O=c1[nH]c2cc(C(F)(F)F)ccc2cc1-c1ccccc1. The fourth-order valence-electron chi connectivity index (χ4n) is 2.21. The number of halogens is 3. The number of pyridine rings is 1. The van der Waals surface area contributed by atoms with E-state index in [-0.39, 0.29) is 5.52 Å². The fourth-order valence-corrected chi connectivity index (χ4v) is 2.21. The monoisotopic (exact) mass is 289 g/mol. The molecule has 0 saturated carbocycles. The molecule has 5 heteroatoms. The van der Waals surface area contributed by atoms with Gasteiger partial charge in [0.05, 0.1) is 5.56 Å². The van der Waals surface area contributed by atoms with E-state index < -0.39 is 17.3 Å².